The van der Waals surface area contributed by atoms with E-state index in [2.05, 4.69) is 4.98 Å². The van der Waals surface area contributed by atoms with Crippen LogP contribution in [0.25, 0.3) is 0 Å². The zero-order chi connectivity index (χ0) is 23.5. The first-order chi connectivity index (χ1) is 15.0. The van der Waals surface area contributed by atoms with E-state index in [0.717, 1.165) is 42.6 Å². The van der Waals surface area contributed by atoms with E-state index in [-0.39, 0.29) is 16.7 Å². The third-order valence-corrected chi connectivity index (χ3v) is 4.82. The van der Waals surface area contributed by atoms with E-state index < -0.39 is 47.3 Å². The van der Waals surface area contributed by atoms with Gasteiger partial charge in [-0.05, 0) is 42.0 Å². The summed E-state index contributed by atoms with van der Waals surface area (Å²) in [6.07, 6.45) is -8.76. The van der Waals surface area contributed by atoms with Crippen molar-refractivity contribution in [1.29, 1.82) is 5.26 Å². The fourth-order valence-corrected chi connectivity index (χ4v) is 3.28. The second-order valence-corrected chi connectivity index (χ2v) is 6.93. The smallest absolute Gasteiger partial charge is 0.294 e. The molecular weight excluding hydrogens is 434 g/mol. The standard InChI is InChI=1S/C23H14F6N2O/c24-22(25,26)17-8-6-15(7-9-17)18(21-19(23(27,28)29)5-2-10-31-21)12-20(32)16-4-1-3-14(11-16)13-30/h1-11,18H,12H2/t18-/m0/s1. The molecule has 0 unspecified atom stereocenters. The number of pyridine rings is 1. The van der Waals surface area contributed by atoms with Crippen molar-refractivity contribution in [2.75, 3.05) is 0 Å². The van der Waals surface area contributed by atoms with Crippen LogP contribution in [0.5, 0.6) is 0 Å². The van der Waals surface area contributed by atoms with E-state index >= 15 is 0 Å². The number of rotatable bonds is 5. The monoisotopic (exact) mass is 448 g/mol. The van der Waals surface area contributed by atoms with Crippen molar-refractivity contribution in [2.45, 2.75) is 24.7 Å². The van der Waals surface area contributed by atoms with Crippen LogP contribution in [-0.4, -0.2) is 10.8 Å². The molecule has 3 nitrogen and oxygen atoms in total. The highest BCUT2D eigenvalue weighted by Gasteiger charge is 2.37. The molecule has 0 aliphatic rings. The number of benzene rings is 2. The molecule has 0 fully saturated rings. The third kappa shape index (κ3) is 5.14. The van der Waals surface area contributed by atoms with Gasteiger partial charge in [0.2, 0.25) is 0 Å². The molecule has 32 heavy (non-hydrogen) atoms. The lowest BCUT2D eigenvalue weighted by atomic mass is 9.86. The summed E-state index contributed by atoms with van der Waals surface area (Å²) < 4.78 is 79.6. The topological polar surface area (TPSA) is 53.8 Å². The summed E-state index contributed by atoms with van der Waals surface area (Å²) in [6.45, 7) is 0. The number of Topliss-reactive ketones (excluding diaryl/α,β-unsaturated/α-hetero) is 1. The van der Waals surface area contributed by atoms with Crippen LogP contribution in [-0.2, 0) is 12.4 Å². The van der Waals surface area contributed by atoms with Crippen LogP contribution < -0.4 is 0 Å². The number of halogens is 6. The highest BCUT2D eigenvalue weighted by molar-refractivity contribution is 5.97. The van der Waals surface area contributed by atoms with Gasteiger partial charge in [0, 0.05) is 24.1 Å². The van der Waals surface area contributed by atoms with Crippen molar-refractivity contribution < 1.29 is 31.1 Å². The largest absolute Gasteiger partial charge is 0.418 e. The number of nitrogens with zero attached hydrogens (tertiary/aromatic N) is 2. The van der Waals surface area contributed by atoms with E-state index in [1.165, 1.54) is 24.3 Å². The van der Waals surface area contributed by atoms with Crippen molar-refractivity contribution >= 4 is 5.78 Å². The quantitative estimate of drug-likeness (QED) is 0.336. The number of hydrogen-bond acceptors (Lipinski definition) is 3. The number of alkyl halides is 6. The Bertz CT molecular complexity index is 1160. The van der Waals surface area contributed by atoms with Gasteiger partial charge < -0.3 is 0 Å². The number of hydrogen-bond donors (Lipinski definition) is 0. The fourth-order valence-electron chi connectivity index (χ4n) is 3.28. The number of carbonyl (C=O) groups excluding carboxylic acids is 1. The lowest BCUT2D eigenvalue weighted by Gasteiger charge is -2.21. The molecule has 0 bridgehead atoms. The van der Waals surface area contributed by atoms with E-state index in [9.17, 15) is 31.1 Å². The van der Waals surface area contributed by atoms with Gasteiger partial charge in [-0.15, -0.1) is 0 Å². The van der Waals surface area contributed by atoms with E-state index in [0.29, 0.717) is 0 Å². The SMILES string of the molecule is N#Cc1cccc(C(=O)C[C@@H](c2ccc(C(F)(F)F)cc2)c2ncccc2C(F)(F)F)c1. The molecule has 9 heteroatoms. The summed E-state index contributed by atoms with van der Waals surface area (Å²) in [5, 5.41) is 9.01. The number of aromatic nitrogens is 1. The molecule has 0 saturated carbocycles. The molecule has 1 atom stereocenters. The zero-order valence-electron chi connectivity index (χ0n) is 16.2. The van der Waals surface area contributed by atoms with Crippen LogP contribution in [0.2, 0.25) is 0 Å². The molecule has 0 spiro atoms. The molecular formula is C23H14F6N2O. The van der Waals surface area contributed by atoms with Crippen LogP contribution in [0.1, 0.15) is 50.6 Å². The van der Waals surface area contributed by atoms with E-state index in [1.54, 1.807) is 0 Å². The summed E-state index contributed by atoms with van der Waals surface area (Å²) in [7, 11) is 0. The average molecular weight is 448 g/mol. The minimum atomic E-state index is -4.78. The van der Waals surface area contributed by atoms with Gasteiger partial charge in [0.1, 0.15) is 0 Å². The van der Waals surface area contributed by atoms with Crippen molar-refractivity contribution in [1.82, 2.24) is 4.98 Å². The molecule has 164 valence electrons. The second-order valence-electron chi connectivity index (χ2n) is 6.93. The summed E-state index contributed by atoms with van der Waals surface area (Å²) in [4.78, 5) is 16.7. The lowest BCUT2D eigenvalue weighted by Crippen LogP contribution is -2.17. The summed E-state index contributed by atoms with van der Waals surface area (Å²) in [5.74, 6) is -1.83. The Labute approximate surface area is 179 Å². The Morgan fingerprint density at radius 3 is 2.22 bits per heavy atom. The minimum Gasteiger partial charge on any atom is -0.294 e. The summed E-state index contributed by atoms with van der Waals surface area (Å²) in [6, 6.07) is 13.0. The maximum absolute atomic E-state index is 13.6. The lowest BCUT2D eigenvalue weighted by molar-refractivity contribution is -0.139. The average Bonchev–Trinajstić information content (AvgIpc) is 2.76. The highest BCUT2D eigenvalue weighted by atomic mass is 19.4. The third-order valence-electron chi connectivity index (χ3n) is 4.82. The number of carbonyl (C=O) groups is 1. The number of nitriles is 1. The zero-order valence-corrected chi connectivity index (χ0v) is 16.2. The molecule has 0 aliphatic heterocycles. The molecule has 1 aromatic heterocycles. The first-order valence-corrected chi connectivity index (χ1v) is 9.23. The minimum absolute atomic E-state index is 0.0759. The highest BCUT2D eigenvalue weighted by Crippen LogP contribution is 2.39. The molecule has 0 amide bonds. The first-order valence-electron chi connectivity index (χ1n) is 9.23. The van der Waals surface area contributed by atoms with Gasteiger partial charge in [0.25, 0.3) is 0 Å². The molecule has 3 aromatic rings. The predicted molar refractivity (Wildman–Crippen MR) is 103 cm³/mol. The van der Waals surface area contributed by atoms with Gasteiger partial charge >= 0.3 is 12.4 Å². The molecule has 0 saturated heterocycles. The van der Waals surface area contributed by atoms with E-state index in [1.807, 2.05) is 6.07 Å². The maximum Gasteiger partial charge on any atom is 0.418 e. The van der Waals surface area contributed by atoms with Crippen LogP contribution in [0.15, 0.2) is 66.9 Å². The Hall–Kier alpha value is -3.67. The molecule has 0 aliphatic carbocycles. The number of ketones is 1. The first kappa shape index (κ1) is 23.0. The van der Waals surface area contributed by atoms with Crippen LogP contribution in [0.4, 0.5) is 26.3 Å². The van der Waals surface area contributed by atoms with Crippen molar-refractivity contribution in [3.05, 3.63) is 100 Å². The Morgan fingerprint density at radius 2 is 1.62 bits per heavy atom. The van der Waals surface area contributed by atoms with Gasteiger partial charge in [-0.3, -0.25) is 9.78 Å². The summed E-state index contributed by atoms with van der Waals surface area (Å²) >= 11 is 0. The molecule has 0 N–H and O–H groups in total. The van der Waals surface area contributed by atoms with E-state index in [4.69, 9.17) is 5.26 Å². The van der Waals surface area contributed by atoms with Crippen LogP contribution in [0.3, 0.4) is 0 Å². The van der Waals surface area contributed by atoms with Gasteiger partial charge in [-0.1, -0.05) is 24.3 Å². The van der Waals surface area contributed by atoms with Gasteiger partial charge in [-0.25, -0.2) is 0 Å². The Balaban J connectivity index is 2.08. The van der Waals surface area contributed by atoms with Gasteiger partial charge in [0.05, 0.1) is 28.5 Å². The van der Waals surface area contributed by atoms with Crippen LogP contribution in [0, 0.1) is 11.3 Å². The van der Waals surface area contributed by atoms with Crippen molar-refractivity contribution in [3.63, 3.8) is 0 Å². The van der Waals surface area contributed by atoms with Crippen molar-refractivity contribution in [2.24, 2.45) is 0 Å². The predicted octanol–water partition coefficient (Wildman–Crippen LogP) is 6.40. The Kier molecular flexibility index (Phi) is 6.35. The van der Waals surface area contributed by atoms with Gasteiger partial charge in [-0.2, -0.15) is 31.6 Å². The maximum atomic E-state index is 13.6. The molecule has 1 heterocycles. The second kappa shape index (κ2) is 8.83. The van der Waals surface area contributed by atoms with Crippen molar-refractivity contribution in [3.8, 4) is 6.07 Å². The van der Waals surface area contributed by atoms with Crippen LogP contribution >= 0.6 is 0 Å². The fraction of sp³-hybridized carbons (Fsp3) is 0.174. The normalized spacial score (nSPS) is 12.8. The summed E-state index contributed by atoms with van der Waals surface area (Å²) in [5.41, 5.74) is -2.15. The molecule has 3 rings (SSSR count). The Morgan fingerprint density at radius 1 is 0.938 bits per heavy atom. The molecule has 2 aromatic carbocycles. The molecule has 0 radical (unpaired) electrons. The van der Waals surface area contributed by atoms with Gasteiger partial charge in [0.15, 0.2) is 5.78 Å².